The van der Waals surface area contributed by atoms with Crippen molar-refractivity contribution >= 4 is 11.6 Å². The number of anilines is 1. The summed E-state index contributed by atoms with van der Waals surface area (Å²) in [6.07, 6.45) is 0. The van der Waals surface area contributed by atoms with Gasteiger partial charge in [0.1, 0.15) is 0 Å². The minimum atomic E-state index is 0.0897. The standard InChI is InChI=1S/C13H20N2O/c1-11(2)9-14-10-13(16)15(3)12-7-5-4-6-8-12/h4-8,11,14H,9-10H2,1-3H3. The summed E-state index contributed by atoms with van der Waals surface area (Å²) in [7, 11) is 1.80. The van der Waals surface area contributed by atoms with E-state index in [0.29, 0.717) is 12.5 Å². The van der Waals surface area contributed by atoms with Crippen molar-refractivity contribution in [2.75, 3.05) is 25.0 Å². The van der Waals surface area contributed by atoms with Crippen molar-refractivity contribution in [3.8, 4) is 0 Å². The van der Waals surface area contributed by atoms with E-state index in [1.165, 1.54) is 0 Å². The van der Waals surface area contributed by atoms with Gasteiger partial charge in [0, 0.05) is 12.7 Å². The van der Waals surface area contributed by atoms with Gasteiger partial charge in [0.2, 0.25) is 5.91 Å². The van der Waals surface area contributed by atoms with Crippen molar-refractivity contribution in [3.05, 3.63) is 30.3 Å². The lowest BCUT2D eigenvalue weighted by Crippen LogP contribution is -2.36. The molecule has 1 N–H and O–H groups in total. The molecule has 88 valence electrons. The van der Waals surface area contributed by atoms with E-state index in [1.54, 1.807) is 11.9 Å². The van der Waals surface area contributed by atoms with Crippen LogP contribution in [0.15, 0.2) is 30.3 Å². The Bertz CT molecular complexity index is 322. The number of nitrogens with one attached hydrogen (secondary N) is 1. The van der Waals surface area contributed by atoms with Crippen LogP contribution in [0, 0.1) is 5.92 Å². The number of carbonyl (C=O) groups is 1. The van der Waals surface area contributed by atoms with E-state index >= 15 is 0 Å². The molecule has 0 fully saturated rings. The molecule has 1 aromatic carbocycles. The Hall–Kier alpha value is -1.35. The predicted octanol–water partition coefficient (Wildman–Crippen LogP) is 1.89. The van der Waals surface area contributed by atoms with E-state index < -0.39 is 0 Å². The molecule has 0 heterocycles. The van der Waals surface area contributed by atoms with Gasteiger partial charge < -0.3 is 10.2 Å². The number of benzene rings is 1. The molecular formula is C13H20N2O. The van der Waals surface area contributed by atoms with E-state index in [1.807, 2.05) is 30.3 Å². The number of rotatable bonds is 5. The number of carbonyl (C=O) groups excluding carboxylic acids is 1. The third kappa shape index (κ3) is 4.03. The third-order valence-corrected chi connectivity index (χ3v) is 2.35. The molecule has 0 aliphatic heterocycles. The molecule has 3 heteroatoms. The Balaban J connectivity index is 2.43. The summed E-state index contributed by atoms with van der Waals surface area (Å²) in [6, 6.07) is 9.67. The van der Waals surface area contributed by atoms with E-state index in [4.69, 9.17) is 0 Å². The monoisotopic (exact) mass is 220 g/mol. The van der Waals surface area contributed by atoms with Gasteiger partial charge in [-0.1, -0.05) is 32.0 Å². The lowest BCUT2D eigenvalue weighted by molar-refractivity contribution is -0.117. The van der Waals surface area contributed by atoms with Crippen molar-refractivity contribution in [3.63, 3.8) is 0 Å². The molecule has 3 nitrogen and oxygen atoms in total. The van der Waals surface area contributed by atoms with E-state index in [2.05, 4.69) is 19.2 Å². The van der Waals surface area contributed by atoms with Crippen molar-refractivity contribution in [2.24, 2.45) is 5.92 Å². The minimum Gasteiger partial charge on any atom is -0.314 e. The van der Waals surface area contributed by atoms with Gasteiger partial charge in [-0.3, -0.25) is 4.79 Å². The van der Waals surface area contributed by atoms with E-state index in [-0.39, 0.29) is 5.91 Å². The van der Waals surface area contributed by atoms with Crippen LogP contribution in [0.2, 0.25) is 0 Å². The number of nitrogens with zero attached hydrogens (tertiary/aromatic N) is 1. The topological polar surface area (TPSA) is 32.3 Å². The fourth-order valence-electron chi connectivity index (χ4n) is 1.38. The highest BCUT2D eigenvalue weighted by Crippen LogP contribution is 2.10. The van der Waals surface area contributed by atoms with Crippen LogP contribution in [-0.2, 0) is 4.79 Å². The highest BCUT2D eigenvalue weighted by Gasteiger charge is 2.09. The zero-order valence-corrected chi connectivity index (χ0v) is 10.2. The van der Waals surface area contributed by atoms with Crippen LogP contribution in [-0.4, -0.2) is 26.0 Å². The average molecular weight is 220 g/mol. The summed E-state index contributed by atoms with van der Waals surface area (Å²) in [4.78, 5) is 13.5. The maximum atomic E-state index is 11.8. The number of hydrogen-bond acceptors (Lipinski definition) is 2. The van der Waals surface area contributed by atoms with Crippen LogP contribution in [0.4, 0.5) is 5.69 Å². The van der Waals surface area contributed by atoms with E-state index in [0.717, 1.165) is 12.2 Å². The average Bonchev–Trinajstić information content (AvgIpc) is 2.28. The first kappa shape index (κ1) is 12.7. The first-order valence-electron chi connectivity index (χ1n) is 5.63. The quantitative estimate of drug-likeness (QED) is 0.822. The summed E-state index contributed by atoms with van der Waals surface area (Å²) >= 11 is 0. The third-order valence-electron chi connectivity index (χ3n) is 2.35. The molecule has 0 saturated heterocycles. The number of likely N-dealkylation sites (N-methyl/N-ethyl adjacent to an activating group) is 1. The van der Waals surface area contributed by atoms with Crippen molar-refractivity contribution in [1.82, 2.24) is 5.32 Å². The molecule has 1 amide bonds. The first-order chi connectivity index (χ1) is 7.61. The molecule has 16 heavy (non-hydrogen) atoms. The highest BCUT2D eigenvalue weighted by atomic mass is 16.2. The molecule has 0 saturated carbocycles. The molecule has 0 atom stereocenters. The van der Waals surface area contributed by atoms with Crippen LogP contribution < -0.4 is 10.2 Å². The Labute approximate surface area is 97.5 Å². The van der Waals surface area contributed by atoms with Crippen LogP contribution >= 0.6 is 0 Å². The van der Waals surface area contributed by atoms with Gasteiger partial charge in [0.15, 0.2) is 0 Å². The van der Waals surface area contributed by atoms with Crippen LogP contribution in [0.1, 0.15) is 13.8 Å². The van der Waals surface area contributed by atoms with Gasteiger partial charge in [-0.05, 0) is 24.6 Å². The molecule has 0 aliphatic carbocycles. The molecule has 0 radical (unpaired) electrons. The normalized spacial score (nSPS) is 10.5. The maximum Gasteiger partial charge on any atom is 0.240 e. The van der Waals surface area contributed by atoms with Crippen LogP contribution in [0.3, 0.4) is 0 Å². The SMILES string of the molecule is CC(C)CNCC(=O)N(C)c1ccccc1. The second-order valence-corrected chi connectivity index (χ2v) is 4.31. The minimum absolute atomic E-state index is 0.0897. The van der Waals surface area contributed by atoms with Gasteiger partial charge in [-0.25, -0.2) is 0 Å². The highest BCUT2D eigenvalue weighted by molar-refractivity contribution is 5.94. The number of hydrogen-bond donors (Lipinski definition) is 1. The van der Waals surface area contributed by atoms with Gasteiger partial charge in [0.25, 0.3) is 0 Å². The van der Waals surface area contributed by atoms with Crippen molar-refractivity contribution < 1.29 is 4.79 Å². The summed E-state index contributed by atoms with van der Waals surface area (Å²) < 4.78 is 0. The predicted molar refractivity (Wildman–Crippen MR) is 67.6 cm³/mol. The molecule has 1 aromatic rings. The Morgan fingerprint density at radius 2 is 1.94 bits per heavy atom. The van der Waals surface area contributed by atoms with Gasteiger partial charge in [0.05, 0.1) is 6.54 Å². The zero-order valence-electron chi connectivity index (χ0n) is 10.2. The summed E-state index contributed by atoms with van der Waals surface area (Å²) in [5.41, 5.74) is 0.929. The van der Waals surface area contributed by atoms with Gasteiger partial charge in [-0.15, -0.1) is 0 Å². The molecular weight excluding hydrogens is 200 g/mol. The van der Waals surface area contributed by atoms with E-state index in [9.17, 15) is 4.79 Å². The molecule has 0 unspecified atom stereocenters. The zero-order chi connectivity index (χ0) is 12.0. The molecule has 0 bridgehead atoms. The van der Waals surface area contributed by atoms with Crippen molar-refractivity contribution in [1.29, 1.82) is 0 Å². The summed E-state index contributed by atoms with van der Waals surface area (Å²) in [5.74, 6) is 0.654. The lowest BCUT2D eigenvalue weighted by atomic mass is 10.2. The van der Waals surface area contributed by atoms with Crippen LogP contribution in [0.5, 0.6) is 0 Å². The Morgan fingerprint density at radius 3 is 2.50 bits per heavy atom. The fourth-order valence-corrected chi connectivity index (χ4v) is 1.38. The van der Waals surface area contributed by atoms with Crippen molar-refractivity contribution in [2.45, 2.75) is 13.8 Å². The summed E-state index contributed by atoms with van der Waals surface area (Å²) in [5, 5.41) is 3.14. The van der Waals surface area contributed by atoms with Gasteiger partial charge >= 0.3 is 0 Å². The Kier molecular flexibility index (Phi) is 4.99. The fraction of sp³-hybridized carbons (Fsp3) is 0.462. The molecule has 0 aliphatic rings. The Morgan fingerprint density at radius 1 is 1.31 bits per heavy atom. The number of amides is 1. The molecule has 0 aromatic heterocycles. The first-order valence-corrected chi connectivity index (χ1v) is 5.63. The second kappa shape index (κ2) is 6.28. The lowest BCUT2D eigenvalue weighted by Gasteiger charge is -2.17. The number of para-hydroxylation sites is 1. The smallest absolute Gasteiger partial charge is 0.240 e. The molecule has 1 rings (SSSR count). The second-order valence-electron chi connectivity index (χ2n) is 4.31. The van der Waals surface area contributed by atoms with Crippen LogP contribution in [0.25, 0.3) is 0 Å². The largest absolute Gasteiger partial charge is 0.314 e. The maximum absolute atomic E-state index is 11.8. The molecule has 0 spiro atoms. The summed E-state index contributed by atoms with van der Waals surface area (Å²) in [6.45, 7) is 5.51. The van der Waals surface area contributed by atoms with Gasteiger partial charge in [-0.2, -0.15) is 0 Å².